The van der Waals surface area contributed by atoms with Crippen molar-refractivity contribution < 1.29 is 38.6 Å². The monoisotopic (exact) mass is 356 g/mol. The predicted molar refractivity (Wildman–Crippen MR) is 86.9 cm³/mol. The Morgan fingerprint density at radius 2 is 1.80 bits per heavy atom. The van der Waals surface area contributed by atoms with E-state index in [0.717, 1.165) is 12.8 Å². The Balaban J connectivity index is 2.24. The third-order valence-electron chi connectivity index (χ3n) is 3.22. The molecule has 0 bridgehead atoms. The summed E-state index contributed by atoms with van der Waals surface area (Å²) in [4.78, 5) is 31.4. The Morgan fingerprint density at radius 3 is 2.44 bits per heavy atom. The van der Waals surface area contributed by atoms with E-state index >= 15 is 0 Å². The van der Waals surface area contributed by atoms with Gasteiger partial charge in [0.2, 0.25) is 0 Å². The molecule has 0 saturated carbocycles. The van der Waals surface area contributed by atoms with Gasteiger partial charge in [0.1, 0.15) is 5.75 Å². The number of hydrogen-bond acceptors (Lipinski definition) is 8. The van der Waals surface area contributed by atoms with Crippen molar-refractivity contribution in [3.05, 3.63) is 29.8 Å². The SMILES string of the molecule is CCCCOc1ccc(C(=O)OOOC(=O)OCCC(C)OC)cc1. The van der Waals surface area contributed by atoms with Gasteiger partial charge in [0.15, 0.2) is 0 Å². The van der Waals surface area contributed by atoms with Gasteiger partial charge in [-0.3, -0.25) is 4.89 Å². The second-order valence-electron chi connectivity index (χ2n) is 5.18. The molecule has 1 aromatic carbocycles. The summed E-state index contributed by atoms with van der Waals surface area (Å²) in [5, 5.41) is 4.12. The number of hydrogen-bond donors (Lipinski definition) is 0. The highest BCUT2D eigenvalue weighted by Crippen LogP contribution is 2.13. The van der Waals surface area contributed by atoms with E-state index in [1.807, 2.05) is 6.92 Å². The van der Waals surface area contributed by atoms with Crippen LogP contribution in [0.5, 0.6) is 5.75 Å². The first-order valence-electron chi connectivity index (χ1n) is 8.04. The van der Waals surface area contributed by atoms with Crippen LogP contribution in [0.15, 0.2) is 24.3 Å². The molecule has 8 nitrogen and oxygen atoms in total. The minimum Gasteiger partial charge on any atom is -0.494 e. The fraction of sp³-hybridized carbons (Fsp3) is 0.529. The van der Waals surface area contributed by atoms with Crippen LogP contribution >= 0.6 is 0 Å². The van der Waals surface area contributed by atoms with Crippen molar-refractivity contribution in [3.63, 3.8) is 0 Å². The summed E-state index contributed by atoms with van der Waals surface area (Å²) in [6.45, 7) is 4.60. The largest absolute Gasteiger partial charge is 0.543 e. The average Bonchev–Trinajstić information content (AvgIpc) is 2.62. The van der Waals surface area contributed by atoms with Crippen LogP contribution in [0.3, 0.4) is 0 Å². The van der Waals surface area contributed by atoms with Gasteiger partial charge >= 0.3 is 12.1 Å². The van der Waals surface area contributed by atoms with Crippen LogP contribution in [0, 0.1) is 0 Å². The van der Waals surface area contributed by atoms with Crippen molar-refractivity contribution in [1.82, 2.24) is 0 Å². The maximum absolute atomic E-state index is 11.7. The van der Waals surface area contributed by atoms with E-state index in [-0.39, 0.29) is 18.3 Å². The molecule has 1 rings (SSSR count). The van der Waals surface area contributed by atoms with Crippen LogP contribution in [0.4, 0.5) is 4.79 Å². The van der Waals surface area contributed by atoms with E-state index < -0.39 is 12.1 Å². The van der Waals surface area contributed by atoms with Gasteiger partial charge in [-0.1, -0.05) is 13.3 Å². The molecule has 8 heteroatoms. The van der Waals surface area contributed by atoms with E-state index in [2.05, 4.69) is 21.7 Å². The molecule has 0 aliphatic heterocycles. The zero-order valence-corrected chi connectivity index (χ0v) is 14.7. The summed E-state index contributed by atoms with van der Waals surface area (Å²) in [5.74, 6) is -0.169. The molecule has 0 N–H and O–H groups in total. The number of unbranched alkanes of at least 4 members (excludes halogenated alkanes) is 1. The van der Waals surface area contributed by atoms with Crippen LogP contribution in [0.1, 0.15) is 43.5 Å². The van der Waals surface area contributed by atoms with Crippen LogP contribution in [0.2, 0.25) is 0 Å². The molecule has 0 spiro atoms. The Hall–Kier alpha value is -2.32. The summed E-state index contributed by atoms with van der Waals surface area (Å²) >= 11 is 0. The zero-order chi connectivity index (χ0) is 18.5. The van der Waals surface area contributed by atoms with Gasteiger partial charge < -0.3 is 14.2 Å². The minimum absolute atomic E-state index is 0.0551. The van der Waals surface area contributed by atoms with E-state index in [1.165, 1.54) is 12.1 Å². The first kappa shape index (κ1) is 20.7. The quantitative estimate of drug-likeness (QED) is 0.258. The third-order valence-corrected chi connectivity index (χ3v) is 3.22. The standard InChI is InChI=1S/C17H24O8/c1-4-5-11-21-15-8-6-14(7-9-15)16(18)23-25-24-17(19)22-12-10-13(2)20-3/h6-9,13H,4-5,10-12H2,1-3H3. The first-order chi connectivity index (χ1) is 12.1. The maximum Gasteiger partial charge on any atom is 0.543 e. The van der Waals surface area contributed by atoms with Crippen LogP contribution in [-0.2, 0) is 24.3 Å². The van der Waals surface area contributed by atoms with Gasteiger partial charge in [0.05, 0.1) is 29.9 Å². The lowest BCUT2D eigenvalue weighted by molar-refractivity contribution is -0.452. The molecule has 0 aliphatic carbocycles. The number of methoxy groups -OCH3 is 1. The number of ether oxygens (including phenoxy) is 3. The smallest absolute Gasteiger partial charge is 0.494 e. The molecule has 25 heavy (non-hydrogen) atoms. The molecule has 0 aromatic heterocycles. The van der Waals surface area contributed by atoms with E-state index in [0.29, 0.717) is 18.8 Å². The minimum atomic E-state index is -1.12. The normalized spacial score (nSPS) is 11.5. The Morgan fingerprint density at radius 1 is 1.08 bits per heavy atom. The highest BCUT2D eigenvalue weighted by molar-refractivity contribution is 5.89. The molecule has 0 fully saturated rings. The lowest BCUT2D eigenvalue weighted by atomic mass is 10.2. The molecule has 1 atom stereocenters. The highest BCUT2D eigenvalue weighted by Gasteiger charge is 2.12. The molecule has 1 aromatic rings. The van der Waals surface area contributed by atoms with Gasteiger partial charge in [0, 0.05) is 13.5 Å². The topological polar surface area (TPSA) is 89.5 Å². The molecule has 0 amide bonds. The van der Waals surface area contributed by atoms with Crippen LogP contribution in [-0.4, -0.2) is 38.6 Å². The van der Waals surface area contributed by atoms with Crippen molar-refractivity contribution in [1.29, 1.82) is 0 Å². The Labute approximate surface area is 146 Å². The molecule has 0 radical (unpaired) electrons. The zero-order valence-electron chi connectivity index (χ0n) is 14.7. The second kappa shape index (κ2) is 12.1. The number of rotatable bonds is 11. The average molecular weight is 356 g/mol. The van der Waals surface area contributed by atoms with Crippen molar-refractivity contribution in [3.8, 4) is 5.75 Å². The predicted octanol–water partition coefficient (Wildman–Crippen LogP) is 3.45. The molecule has 0 aliphatic rings. The Kier molecular flexibility index (Phi) is 10.0. The summed E-state index contributed by atoms with van der Waals surface area (Å²) in [7, 11) is 1.55. The van der Waals surface area contributed by atoms with E-state index in [1.54, 1.807) is 19.2 Å². The van der Waals surface area contributed by atoms with E-state index in [9.17, 15) is 9.59 Å². The van der Waals surface area contributed by atoms with Crippen molar-refractivity contribution in [2.24, 2.45) is 0 Å². The number of benzene rings is 1. The van der Waals surface area contributed by atoms with Crippen molar-refractivity contribution >= 4 is 12.1 Å². The van der Waals surface area contributed by atoms with Crippen molar-refractivity contribution in [2.75, 3.05) is 20.3 Å². The fourth-order valence-corrected chi connectivity index (χ4v) is 1.60. The summed E-state index contributed by atoms with van der Waals surface area (Å²) in [5.41, 5.74) is 0.216. The fourth-order valence-electron chi connectivity index (χ4n) is 1.60. The van der Waals surface area contributed by atoms with Crippen LogP contribution < -0.4 is 4.74 Å². The third kappa shape index (κ3) is 8.92. The lowest BCUT2D eigenvalue weighted by Crippen LogP contribution is -2.15. The van der Waals surface area contributed by atoms with Gasteiger partial charge in [0.25, 0.3) is 0 Å². The molecular formula is C17H24O8. The number of carbonyl (C=O) groups excluding carboxylic acids is 2. The van der Waals surface area contributed by atoms with Crippen LogP contribution in [0.25, 0.3) is 0 Å². The number of carbonyl (C=O) groups is 2. The van der Waals surface area contributed by atoms with Crippen molar-refractivity contribution in [2.45, 2.75) is 39.2 Å². The maximum atomic E-state index is 11.7. The summed E-state index contributed by atoms with van der Waals surface area (Å²) in [6.07, 6.45) is 1.32. The summed E-state index contributed by atoms with van der Waals surface area (Å²) < 4.78 is 15.2. The van der Waals surface area contributed by atoms with Gasteiger partial charge in [-0.2, -0.15) is 0 Å². The lowest BCUT2D eigenvalue weighted by Gasteiger charge is -2.08. The Bertz CT molecular complexity index is 514. The molecule has 140 valence electrons. The first-order valence-corrected chi connectivity index (χ1v) is 8.04. The van der Waals surface area contributed by atoms with Gasteiger partial charge in [-0.15, -0.1) is 0 Å². The molecule has 0 saturated heterocycles. The van der Waals surface area contributed by atoms with Gasteiger partial charge in [-0.25, -0.2) is 14.5 Å². The molecule has 1 unspecified atom stereocenters. The van der Waals surface area contributed by atoms with E-state index in [4.69, 9.17) is 14.2 Å². The molecular weight excluding hydrogens is 332 g/mol. The van der Waals surface area contributed by atoms with Gasteiger partial charge in [-0.05, 0) is 37.6 Å². The second-order valence-corrected chi connectivity index (χ2v) is 5.18. The molecule has 0 heterocycles. The highest BCUT2D eigenvalue weighted by atomic mass is 17.5. The summed E-state index contributed by atoms with van der Waals surface area (Å²) in [6, 6.07) is 6.30.